The summed E-state index contributed by atoms with van der Waals surface area (Å²) in [6.07, 6.45) is 0. The molecule has 0 aromatic heterocycles. The number of ether oxygens (including phenoxy) is 3. The molecule has 2 rings (SSSR count). The summed E-state index contributed by atoms with van der Waals surface area (Å²) >= 11 is 0. The molecule has 0 N–H and O–H groups in total. The summed E-state index contributed by atoms with van der Waals surface area (Å²) in [6.45, 7) is 5.76. The van der Waals surface area contributed by atoms with Crippen molar-refractivity contribution >= 4 is 5.97 Å². The lowest BCUT2D eigenvalue weighted by Crippen LogP contribution is -1.98. The highest BCUT2D eigenvalue weighted by Crippen LogP contribution is 2.11. The minimum absolute atomic E-state index is 0.268. The van der Waals surface area contributed by atoms with Gasteiger partial charge in [-0.25, -0.2) is 0 Å². The first kappa shape index (κ1) is 17.6. The van der Waals surface area contributed by atoms with E-state index in [4.69, 9.17) is 14.2 Å². The molecule has 0 unspecified atom stereocenters. The maximum Gasteiger partial charge on any atom is 0.302 e. The van der Waals surface area contributed by atoms with E-state index in [9.17, 15) is 4.79 Å². The van der Waals surface area contributed by atoms with Gasteiger partial charge in [0, 0.05) is 6.92 Å². The van der Waals surface area contributed by atoms with Gasteiger partial charge in [-0.2, -0.15) is 0 Å². The van der Waals surface area contributed by atoms with E-state index >= 15 is 0 Å². The molecule has 0 aliphatic rings. The first-order valence-electron chi connectivity index (χ1n) is 6.89. The van der Waals surface area contributed by atoms with E-state index in [2.05, 4.69) is 6.92 Å². The van der Waals surface area contributed by atoms with Crippen molar-refractivity contribution in [1.29, 1.82) is 0 Å². The van der Waals surface area contributed by atoms with E-state index in [1.165, 1.54) is 6.92 Å². The second-order valence-corrected chi connectivity index (χ2v) is 4.29. The van der Waals surface area contributed by atoms with Crippen molar-refractivity contribution < 1.29 is 19.0 Å². The number of benzene rings is 2. The normalized spacial score (nSPS) is 9.23. The van der Waals surface area contributed by atoms with Gasteiger partial charge in [0.05, 0.1) is 13.7 Å². The first-order valence-corrected chi connectivity index (χ1v) is 6.89. The minimum atomic E-state index is -0.268. The molecule has 0 fully saturated rings. The van der Waals surface area contributed by atoms with E-state index in [0.717, 1.165) is 17.1 Å². The lowest BCUT2D eigenvalue weighted by molar-refractivity contribution is -0.142. The van der Waals surface area contributed by atoms with Gasteiger partial charge in [0.2, 0.25) is 0 Å². The van der Waals surface area contributed by atoms with Gasteiger partial charge in [-0.1, -0.05) is 30.3 Å². The van der Waals surface area contributed by atoms with E-state index in [1.807, 2.05) is 54.6 Å². The van der Waals surface area contributed by atoms with Gasteiger partial charge in [-0.05, 0) is 36.8 Å². The standard InChI is InChI=1S/C10H12O3.C8H9O/c1-8(11)13-7-9-3-5-10(12-2)6-4-9;1-2-9-8-6-4-3-5-7-8/h3-6H,7H2,1-2H3;3-7H,1-2H2. The highest BCUT2D eigenvalue weighted by Gasteiger charge is 1.96. The quantitative estimate of drug-likeness (QED) is 0.791. The molecule has 0 atom stereocenters. The lowest BCUT2D eigenvalue weighted by Gasteiger charge is -2.03. The Kier molecular flexibility index (Phi) is 8.20. The zero-order chi connectivity index (χ0) is 16.2. The van der Waals surface area contributed by atoms with Crippen LogP contribution in [-0.2, 0) is 16.1 Å². The van der Waals surface area contributed by atoms with Crippen molar-refractivity contribution in [3.8, 4) is 11.5 Å². The Balaban J connectivity index is 0.000000235. The van der Waals surface area contributed by atoms with E-state index < -0.39 is 0 Å². The number of hydrogen-bond donors (Lipinski definition) is 0. The predicted molar refractivity (Wildman–Crippen MR) is 85.8 cm³/mol. The van der Waals surface area contributed by atoms with Crippen LogP contribution in [0.2, 0.25) is 0 Å². The summed E-state index contributed by atoms with van der Waals surface area (Å²) < 4.78 is 14.9. The first-order chi connectivity index (χ1) is 10.7. The summed E-state index contributed by atoms with van der Waals surface area (Å²) in [5, 5.41) is 0. The molecule has 0 heterocycles. The highest BCUT2D eigenvalue weighted by atomic mass is 16.5. The van der Waals surface area contributed by atoms with E-state index in [0.29, 0.717) is 13.2 Å². The molecule has 0 aliphatic carbocycles. The number of methoxy groups -OCH3 is 1. The molecule has 4 nitrogen and oxygen atoms in total. The molecular formula is C18H21O4. The van der Waals surface area contributed by atoms with Gasteiger partial charge in [-0.3, -0.25) is 4.79 Å². The van der Waals surface area contributed by atoms with Crippen molar-refractivity contribution in [2.75, 3.05) is 13.7 Å². The monoisotopic (exact) mass is 301 g/mol. The molecule has 0 spiro atoms. The highest BCUT2D eigenvalue weighted by molar-refractivity contribution is 5.65. The number of carbonyl (C=O) groups excluding carboxylic acids is 1. The second-order valence-electron chi connectivity index (χ2n) is 4.29. The summed E-state index contributed by atoms with van der Waals surface area (Å²) in [5.74, 6) is 1.41. The lowest BCUT2D eigenvalue weighted by atomic mass is 10.2. The predicted octanol–water partition coefficient (Wildman–Crippen LogP) is 3.66. The van der Waals surface area contributed by atoms with E-state index in [-0.39, 0.29) is 5.97 Å². The number of carbonyl (C=O) groups is 1. The molecule has 1 radical (unpaired) electrons. The Bertz CT molecular complexity index is 535. The summed E-state index contributed by atoms with van der Waals surface area (Å²) in [4.78, 5) is 10.5. The average Bonchev–Trinajstić information content (AvgIpc) is 2.55. The van der Waals surface area contributed by atoms with Gasteiger partial charge in [0.25, 0.3) is 0 Å². The SMILES string of the molecule is COc1ccc(COC(C)=O)cc1.[CH2]COc1ccccc1. The van der Waals surface area contributed by atoms with Crippen molar-refractivity contribution in [3.63, 3.8) is 0 Å². The van der Waals surface area contributed by atoms with Crippen LogP contribution in [0, 0.1) is 6.92 Å². The summed E-state index contributed by atoms with van der Waals surface area (Å²) in [7, 11) is 1.61. The fraction of sp³-hybridized carbons (Fsp3) is 0.222. The van der Waals surface area contributed by atoms with Crippen LogP contribution in [0.1, 0.15) is 12.5 Å². The molecule has 4 heteroatoms. The van der Waals surface area contributed by atoms with Gasteiger partial charge < -0.3 is 14.2 Å². The molecule has 0 saturated heterocycles. The molecule has 22 heavy (non-hydrogen) atoms. The van der Waals surface area contributed by atoms with Crippen molar-refractivity contribution in [2.24, 2.45) is 0 Å². The molecule has 117 valence electrons. The zero-order valence-electron chi connectivity index (χ0n) is 13.0. The fourth-order valence-electron chi connectivity index (χ4n) is 1.54. The number of rotatable bonds is 5. The zero-order valence-corrected chi connectivity index (χ0v) is 13.0. The minimum Gasteiger partial charge on any atom is -0.497 e. The van der Waals surface area contributed by atoms with Gasteiger partial charge in [0.15, 0.2) is 0 Å². The Morgan fingerprint density at radius 1 is 1.00 bits per heavy atom. The topological polar surface area (TPSA) is 44.8 Å². The van der Waals surface area contributed by atoms with Crippen LogP contribution >= 0.6 is 0 Å². The van der Waals surface area contributed by atoms with Crippen LogP contribution in [0.15, 0.2) is 54.6 Å². The van der Waals surface area contributed by atoms with Crippen molar-refractivity contribution in [1.82, 2.24) is 0 Å². The van der Waals surface area contributed by atoms with Crippen LogP contribution in [0.25, 0.3) is 0 Å². The van der Waals surface area contributed by atoms with Crippen molar-refractivity contribution in [3.05, 3.63) is 67.1 Å². The Morgan fingerprint density at radius 3 is 2.14 bits per heavy atom. The number of hydrogen-bond acceptors (Lipinski definition) is 4. The molecule has 0 amide bonds. The third kappa shape index (κ3) is 7.33. The largest absolute Gasteiger partial charge is 0.497 e. The van der Waals surface area contributed by atoms with Gasteiger partial charge >= 0.3 is 5.97 Å². The van der Waals surface area contributed by atoms with E-state index in [1.54, 1.807) is 7.11 Å². The van der Waals surface area contributed by atoms with Crippen LogP contribution < -0.4 is 9.47 Å². The van der Waals surface area contributed by atoms with Crippen molar-refractivity contribution in [2.45, 2.75) is 13.5 Å². The van der Waals surface area contributed by atoms with Crippen LogP contribution in [0.5, 0.6) is 11.5 Å². The molecule has 2 aromatic rings. The maximum atomic E-state index is 10.5. The smallest absolute Gasteiger partial charge is 0.302 e. The summed E-state index contributed by atoms with van der Waals surface area (Å²) in [6, 6.07) is 17.0. The van der Waals surface area contributed by atoms with Crippen LogP contribution in [-0.4, -0.2) is 19.7 Å². The molecule has 0 bridgehead atoms. The summed E-state index contributed by atoms with van der Waals surface area (Å²) in [5.41, 5.74) is 0.955. The molecule has 0 saturated carbocycles. The Hall–Kier alpha value is -2.49. The molecule has 0 aliphatic heterocycles. The number of para-hydroxylation sites is 1. The maximum absolute atomic E-state index is 10.5. The number of esters is 1. The van der Waals surface area contributed by atoms with Crippen LogP contribution in [0.4, 0.5) is 0 Å². The Labute approximate surface area is 131 Å². The third-order valence-electron chi connectivity index (χ3n) is 2.61. The Morgan fingerprint density at radius 2 is 1.64 bits per heavy atom. The average molecular weight is 301 g/mol. The third-order valence-corrected chi connectivity index (χ3v) is 2.61. The van der Waals surface area contributed by atoms with Gasteiger partial charge in [0.1, 0.15) is 18.1 Å². The fourth-order valence-corrected chi connectivity index (χ4v) is 1.54. The molecule has 2 aromatic carbocycles. The van der Waals surface area contributed by atoms with Crippen LogP contribution in [0.3, 0.4) is 0 Å². The second kappa shape index (κ2) is 10.3. The van der Waals surface area contributed by atoms with Gasteiger partial charge in [-0.15, -0.1) is 0 Å². The molecular weight excluding hydrogens is 280 g/mol.